The zero-order valence-corrected chi connectivity index (χ0v) is 11.2. The summed E-state index contributed by atoms with van der Waals surface area (Å²) in [5.41, 5.74) is 0. The van der Waals surface area contributed by atoms with Crippen molar-refractivity contribution in [3.63, 3.8) is 0 Å². The van der Waals surface area contributed by atoms with Crippen molar-refractivity contribution < 1.29 is 14.2 Å². The molecule has 18 heavy (non-hydrogen) atoms. The first kappa shape index (κ1) is 11.7. The lowest BCUT2D eigenvalue weighted by atomic mass is 9.81. The van der Waals surface area contributed by atoms with E-state index in [0.29, 0.717) is 24.4 Å². The van der Waals surface area contributed by atoms with Crippen LogP contribution in [0.2, 0.25) is 0 Å². The first-order valence-electron chi connectivity index (χ1n) is 7.68. The van der Waals surface area contributed by atoms with Crippen LogP contribution in [0.3, 0.4) is 0 Å². The van der Waals surface area contributed by atoms with Crippen LogP contribution in [0.15, 0.2) is 0 Å². The van der Waals surface area contributed by atoms with Crippen LogP contribution in [0.4, 0.5) is 0 Å². The third-order valence-electron chi connectivity index (χ3n) is 5.43. The minimum atomic E-state index is 0.574. The normalized spacial score (nSPS) is 53.5. The Morgan fingerprint density at radius 3 is 2.56 bits per heavy atom. The van der Waals surface area contributed by atoms with E-state index in [1.807, 2.05) is 0 Å². The Labute approximate surface area is 109 Å². The van der Waals surface area contributed by atoms with Crippen molar-refractivity contribution in [1.82, 2.24) is 0 Å². The molecule has 2 heterocycles. The van der Waals surface area contributed by atoms with Gasteiger partial charge in [0.1, 0.15) is 0 Å². The van der Waals surface area contributed by atoms with Crippen LogP contribution in [-0.2, 0) is 14.2 Å². The van der Waals surface area contributed by atoms with Gasteiger partial charge in [0.15, 0.2) is 0 Å². The van der Waals surface area contributed by atoms with E-state index in [-0.39, 0.29) is 0 Å². The molecule has 2 saturated heterocycles. The van der Waals surface area contributed by atoms with E-state index in [9.17, 15) is 0 Å². The van der Waals surface area contributed by atoms with E-state index < -0.39 is 0 Å². The van der Waals surface area contributed by atoms with Crippen molar-refractivity contribution in [2.45, 2.75) is 63.4 Å². The number of rotatable bonds is 4. The Balaban J connectivity index is 1.19. The van der Waals surface area contributed by atoms with Crippen molar-refractivity contribution in [1.29, 1.82) is 0 Å². The average Bonchev–Trinajstić information content (AvgIpc) is 3.22. The van der Waals surface area contributed by atoms with Crippen LogP contribution >= 0.6 is 0 Å². The van der Waals surface area contributed by atoms with Crippen LogP contribution in [0.25, 0.3) is 0 Å². The van der Waals surface area contributed by atoms with E-state index in [1.165, 1.54) is 32.1 Å². The second kappa shape index (κ2) is 4.46. The summed E-state index contributed by atoms with van der Waals surface area (Å²) in [6, 6.07) is 0. The molecule has 0 radical (unpaired) electrons. The van der Waals surface area contributed by atoms with Gasteiger partial charge in [0.05, 0.1) is 24.4 Å². The maximum Gasteiger partial charge on any atom is 0.0845 e. The fourth-order valence-electron chi connectivity index (χ4n) is 3.94. The summed E-state index contributed by atoms with van der Waals surface area (Å²) in [5.74, 6) is 2.25. The van der Waals surface area contributed by atoms with Crippen molar-refractivity contribution in [3.05, 3.63) is 0 Å². The lowest BCUT2D eigenvalue weighted by Gasteiger charge is -2.27. The van der Waals surface area contributed by atoms with Crippen LogP contribution in [0.5, 0.6) is 0 Å². The summed E-state index contributed by atoms with van der Waals surface area (Å²) in [7, 11) is 0. The molecule has 4 rings (SSSR count). The lowest BCUT2D eigenvalue weighted by Crippen LogP contribution is -2.27. The highest BCUT2D eigenvalue weighted by molar-refractivity contribution is 4.95. The zero-order valence-electron chi connectivity index (χ0n) is 11.2. The first-order chi connectivity index (χ1) is 8.79. The molecule has 102 valence electrons. The van der Waals surface area contributed by atoms with Crippen LogP contribution in [0.1, 0.15) is 39.0 Å². The minimum Gasteiger partial charge on any atom is -0.381 e. The Hall–Kier alpha value is -0.120. The van der Waals surface area contributed by atoms with Crippen LogP contribution < -0.4 is 0 Å². The lowest BCUT2D eigenvalue weighted by molar-refractivity contribution is 0.0403. The van der Waals surface area contributed by atoms with Gasteiger partial charge in [-0.3, -0.25) is 0 Å². The average molecular weight is 252 g/mol. The van der Waals surface area contributed by atoms with E-state index in [0.717, 1.165) is 31.0 Å². The highest BCUT2D eigenvalue weighted by Crippen LogP contribution is 2.43. The summed E-state index contributed by atoms with van der Waals surface area (Å²) in [6.45, 7) is 4.25. The van der Waals surface area contributed by atoms with E-state index in [1.54, 1.807) is 0 Å². The molecule has 0 bridgehead atoms. The third-order valence-corrected chi connectivity index (χ3v) is 5.43. The number of epoxide rings is 2. The van der Waals surface area contributed by atoms with Crippen LogP contribution in [-0.4, -0.2) is 37.6 Å². The molecule has 0 unspecified atom stereocenters. The van der Waals surface area contributed by atoms with Gasteiger partial charge in [-0.15, -0.1) is 0 Å². The SMILES string of the molecule is C[C@@H]1C[C@H]2O[C@H]2C[C@@H]1COC[C@@H]1CC[C@H]2O[C@@H]2C1. The van der Waals surface area contributed by atoms with Crippen molar-refractivity contribution in [2.24, 2.45) is 17.8 Å². The first-order valence-corrected chi connectivity index (χ1v) is 7.68. The Kier molecular flexibility index (Phi) is 2.90. The molecule has 0 N–H and O–H groups in total. The van der Waals surface area contributed by atoms with Gasteiger partial charge in [0.25, 0.3) is 0 Å². The van der Waals surface area contributed by atoms with Gasteiger partial charge in [-0.2, -0.15) is 0 Å². The van der Waals surface area contributed by atoms with Gasteiger partial charge in [0, 0.05) is 13.2 Å². The van der Waals surface area contributed by atoms with E-state index >= 15 is 0 Å². The molecule has 3 nitrogen and oxygen atoms in total. The topological polar surface area (TPSA) is 34.3 Å². The van der Waals surface area contributed by atoms with Crippen LogP contribution in [0, 0.1) is 17.8 Å². The largest absolute Gasteiger partial charge is 0.381 e. The molecule has 0 aromatic carbocycles. The summed E-state index contributed by atoms with van der Waals surface area (Å²) < 4.78 is 17.2. The van der Waals surface area contributed by atoms with Gasteiger partial charge >= 0.3 is 0 Å². The monoisotopic (exact) mass is 252 g/mol. The highest BCUT2D eigenvalue weighted by Gasteiger charge is 2.47. The second-order valence-corrected chi connectivity index (χ2v) is 6.85. The quantitative estimate of drug-likeness (QED) is 0.720. The van der Waals surface area contributed by atoms with Gasteiger partial charge in [0.2, 0.25) is 0 Å². The van der Waals surface area contributed by atoms with E-state index in [4.69, 9.17) is 14.2 Å². The molecule has 2 aliphatic heterocycles. The molecule has 4 fully saturated rings. The third kappa shape index (κ3) is 2.33. The maximum absolute atomic E-state index is 6.01. The molecule has 0 amide bonds. The fraction of sp³-hybridized carbons (Fsp3) is 1.00. The number of hydrogen-bond acceptors (Lipinski definition) is 3. The standard InChI is InChI=1S/C15H24O3/c1-9-4-13-15(18-13)6-11(9)8-16-7-10-2-3-12-14(5-10)17-12/h9-15H,2-8H2,1H3/t9-,10-,11-,12-,13-,14-,15+/m1/s1. The predicted octanol–water partition coefficient (Wildman–Crippen LogP) is 2.38. The number of ether oxygens (including phenoxy) is 3. The number of fused-ring (bicyclic) bond motifs is 2. The molecule has 2 aliphatic carbocycles. The molecular weight excluding hydrogens is 228 g/mol. The van der Waals surface area contributed by atoms with Crippen molar-refractivity contribution in [2.75, 3.05) is 13.2 Å². The molecule has 0 aromatic rings. The molecule has 4 aliphatic rings. The summed E-state index contributed by atoms with van der Waals surface area (Å²) in [6.07, 6.45) is 8.64. The van der Waals surface area contributed by atoms with Crippen molar-refractivity contribution >= 4 is 0 Å². The smallest absolute Gasteiger partial charge is 0.0845 e. The maximum atomic E-state index is 6.01. The predicted molar refractivity (Wildman–Crippen MR) is 67.4 cm³/mol. The molecule has 0 spiro atoms. The Bertz CT molecular complexity index is 319. The summed E-state index contributed by atoms with van der Waals surface area (Å²) in [5, 5.41) is 0. The fourth-order valence-corrected chi connectivity index (χ4v) is 3.94. The molecular formula is C15H24O3. The molecule has 2 saturated carbocycles. The second-order valence-electron chi connectivity index (χ2n) is 6.85. The van der Waals surface area contributed by atoms with Crippen molar-refractivity contribution in [3.8, 4) is 0 Å². The van der Waals surface area contributed by atoms with Gasteiger partial charge in [-0.25, -0.2) is 0 Å². The molecule has 7 atom stereocenters. The summed E-state index contributed by atoms with van der Waals surface area (Å²) in [4.78, 5) is 0. The van der Waals surface area contributed by atoms with Gasteiger partial charge < -0.3 is 14.2 Å². The van der Waals surface area contributed by atoms with Gasteiger partial charge in [-0.05, 0) is 49.9 Å². The zero-order chi connectivity index (χ0) is 12.1. The van der Waals surface area contributed by atoms with Gasteiger partial charge in [-0.1, -0.05) is 6.92 Å². The Morgan fingerprint density at radius 2 is 1.67 bits per heavy atom. The van der Waals surface area contributed by atoms with E-state index in [2.05, 4.69) is 6.92 Å². The number of hydrogen-bond donors (Lipinski definition) is 0. The highest BCUT2D eigenvalue weighted by atomic mass is 16.6. The molecule has 0 aromatic heterocycles. The Morgan fingerprint density at radius 1 is 0.889 bits per heavy atom. The minimum absolute atomic E-state index is 0.574. The molecule has 3 heteroatoms. The summed E-state index contributed by atoms with van der Waals surface area (Å²) >= 11 is 0.